The first kappa shape index (κ1) is 18.2. The van der Waals surface area contributed by atoms with Crippen LogP contribution in [0.1, 0.15) is 18.9 Å². The second-order valence-corrected chi connectivity index (χ2v) is 7.18. The zero-order valence-corrected chi connectivity index (χ0v) is 16.1. The number of aromatic hydroxyl groups is 1. The van der Waals surface area contributed by atoms with Gasteiger partial charge in [-0.2, -0.15) is 9.61 Å². The molecule has 0 bridgehead atoms. The molecule has 3 heterocycles. The Morgan fingerprint density at radius 3 is 2.82 bits per heavy atom. The number of hydrogen-bond donors (Lipinski definition) is 1. The second-order valence-electron chi connectivity index (χ2n) is 6.27. The van der Waals surface area contributed by atoms with Gasteiger partial charge in [0.1, 0.15) is 0 Å². The summed E-state index contributed by atoms with van der Waals surface area (Å²) in [4.78, 5) is 17.1. The van der Waals surface area contributed by atoms with E-state index in [1.54, 1.807) is 30.7 Å². The molecule has 6 nitrogen and oxygen atoms in total. The molecule has 28 heavy (non-hydrogen) atoms. The highest BCUT2D eigenvalue weighted by atomic mass is 32.1. The summed E-state index contributed by atoms with van der Waals surface area (Å²) >= 11 is 1.61. The quantitative estimate of drug-likeness (QED) is 0.494. The van der Waals surface area contributed by atoms with E-state index in [9.17, 15) is 9.90 Å². The van der Waals surface area contributed by atoms with Gasteiger partial charge in [-0.05, 0) is 35.9 Å². The van der Waals surface area contributed by atoms with Crippen molar-refractivity contribution in [3.63, 3.8) is 0 Å². The molecule has 0 aliphatic carbocycles. The van der Waals surface area contributed by atoms with Crippen LogP contribution in [0.3, 0.4) is 0 Å². The van der Waals surface area contributed by atoms with Crippen LogP contribution in [0.5, 0.6) is 5.88 Å². The minimum atomic E-state index is -0.296. The summed E-state index contributed by atoms with van der Waals surface area (Å²) in [6.45, 7) is 2.11. The molecule has 0 fully saturated rings. The van der Waals surface area contributed by atoms with E-state index >= 15 is 0 Å². The fourth-order valence-corrected chi connectivity index (χ4v) is 3.96. The molecule has 0 unspecified atom stereocenters. The smallest absolute Gasteiger partial charge is 0.306 e. The maximum absolute atomic E-state index is 11.6. The standard InChI is InChI=1S/C21H19N3O3S/c1-2-27-19(25)9-8-15-11-22-20-17(12-23-24(20)21(15)26)18-10-16(13-28-18)14-6-4-3-5-7-14/h3-7,10-13,26H,2,8-9H2,1H3. The van der Waals surface area contributed by atoms with Crippen molar-refractivity contribution in [1.29, 1.82) is 0 Å². The van der Waals surface area contributed by atoms with E-state index < -0.39 is 0 Å². The van der Waals surface area contributed by atoms with Gasteiger partial charge in [0.05, 0.1) is 18.4 Å². The van der Waals surface area contributed by atoms with E-state index in [1.165, 1.54) is 4.52 Å². The minimum absolute atomic E-state index is 0.000359. The van der Waals surface area contributed by atoms with Crippen LogP contribution in [0.4, 0.5) is 0 Å². The van der Waals surface area contributed by atoms with E-state index in [2.05, 4.69) is 33.7 Å². The van der Waals surface area contributed by atoms with Gasteiger partial charge in [0.15, 0.2) is 5.65 Å². The molecule has 1 aromatic carbocycles. The number of carbonyl (C=O) groups is 1. The number of benzene rings is 1. The molecule has 0 amide bonds. The van der Waals surface area contributed by atoms with Crippen LogP contribution < -0.4 is 0 Å². The molecule has 1 N–H and O–H groups in total. The molecule has 0 aliphatic heterocycles. The first-order valence-electron chi connectivity index (χ1n) is 9.02. The third-order valence-corrected chi connectivity index (χ3v) is 5.41. The number of fused-ring (bicyclic) bond motifs is 1. The highest BCUT2D eigenvalue weighted by molar-refractivity contribution is 7.14. The lowest BCUT2D eigenvalue weighted by molar-refractivity contribution is -0.143. The Morgan fingerprint density at radius 1 is 1.21 bits per heavy atom. The zero-order valence-electron chi connectivity index (χ0n) is 15.3. The predicted octanol–water partition coefficient (Wildman–Crippen LogP) is 4.33. The maximum Gasteiger partial charge on any atom is 0.306 e. The Bertz CT molecular complexity index is 1120. The van der Waals surface area contributed by atoms with Crippen molar-refractivity contribution in [3.05, 3.63) is 59.7 Å². The van der Waals surface area contributed by atoms with Gasteiger partial charge in [0.25, 0.3) is 0 Å². The second kappa shape index (κ2) is 7.82. The first-order chi connectivity index (χ1) is 13.7. The Hall–Kier alpha value is -3.19. The summed E-state index contributed by atoms with van der Waals surface area (Å²) in [6.07, 6.45) is 3.84. The largest absolute Gasteiger partial charge is 0.493 e. The number of ether oxygens (including phenoxy) is 1. The number of thiophene rings is 1. The molecule has 4 rings (SSSR count). The Labute approximate surface area is 166 Å². The number of carbonyl (C=O) groups excluding carboxylic acids is 1. The highest BCUT2D eigenvalue weighted by Gasteiger charge is 2.16. The van der Waals surface area contributed by atoms with Crippen LogP contribution in [0.25, 0.3) is 27.2 Å². The fraction of sp³-hybridized carbons (Fsp3) is 0.190. The van der Waals surface area contributed by atoms with Crippen molar-refractivity contribution in [2.45, 2.75) is 19.8 Å². The van der Waals surface area contributed by atoms with Gasteiger partial charge < -0.3 is 9.84 Å². The third-order valence-electron chi connectivity index (χ3n) is 4.45. The molecule has 142 valence electrons. The average Bonchev–Trinajstić information content (AvgIpc) is 3.36. The summed E-state index contributed by atoms with van der Waals surface area (Å²) in [5.74, 6) is -0.296. The topological polar surface area (TPSA) is 76.7 Å². The van der Waals surface area contributed by atoms with Crippen molar-refractivity contribution in [2.24, 2.45) is 0 Å². The molecule has 0 saturated heterocycles. The van der Waals surface area contributed by atoms with Crippen LogP contribution in [0, 0.1) is 0 Å². The van der Waals surface area contributed by atoms with Crippen molar-refractivity contribution < 1.29 is 14.6 Å². The summed E-state index contributed by atoms with van der Waals surface area (Å²) in [7, 11) is 0. The van der Waals surface area contributed by atoms with Crippen molar-refractivity contribution in [2.75, 3.05) is 6.61 Å². The molecule has 0 spiro atoms. The van der Waals surface area contributed by atoms with Crippen LogP contribution in [0.15, 0.2) is 54.2 Å². The van der Waals surface area contributed by atoms with Gasteiger partial charge in [-0.25, -0.2) is 4.98 Å². The van der Waals surface area contributed by atoms with Gasteiger partial charge in [-0.15, -0.1) is 11.3 Å². The van der Waals surface area contributed by atoms with Gasteiger partial charge in [0.2, 0.25) is 5.88 Å². The third kappa shape index (κ3) is 3.48. The molecule has 0 saturated carbocycles. The fourth-order valence-electron chi connectivity index (χ4n) is 3.03. The van der Waals surface area contributed by atoms with Crippen molar-refractivity contribution in [1.82, 2.24) is 14.6 Å². The van der Waals surface area contributed by atoms with E-state index in [0.29, 0.717) is 24.2 Å². The molecule has 7 heteroatoms. The highest BCUT2D eigenvalue weighted by Crippen LogP contribution is 2.35. The number of aryl methyl sites for hydroxylation is 1. The van der Waals surface area contributed by atoms with E-state index in [0.717, 1.165) is 21.6 Å². The normalized spacial score (nSPS) is 11.0. The van der Waals surface area contributed by atoms with E-state index in [-0.39, 0.29) is 18.3 Å². The first-order valence-corrected chi connectivity index (χ1v) is 9.90. The molecule has 0 radical (unpaired) electrons. The lowest BCUT2D eigenvalue weighted by Crippen LogP contribution is -2.06. The lowest BCUT2D eigenvalue weighted by Gasteiger charge is -2.06. The van der Waals surface area contributed by atoms with Gasteiger partial charge in [-0.1, -0.05) is 30.3 Å². The Kier molecular flexibility index (Phi) is 5.08. The van der Waals surface area contributed by atoms with Crippen LogP contribution in [0.2, 0.25) is 0 Å². The molecule has 4 aromatic rings. The van der Waals surface area contributed by atoms with Gasteiger partial charge in [0, 0.05) is 23.1 Å². The predicted molar refractivity (Wildman–Crippen MR) is 108 cm³/mol. The monoisotopic (exact) mass is 393 g/mol. The average molecular weight is 393 g/mol. The van der Waals surface area contributed by atoms with Gasteiger partial charge in [-0.3, -0.25) is 4.79 Å². The van der Waals surface area contributed by atoms with Crippen LogP contribution in [-0.2, 0) is 16.0 Å². The Morgan fingerprint density at radius 2 is 2.04 bits per heavy atom. The molecule has 3 aromatic heterocycles. The van der Waals surface area contributed by atoms with Crippen LogP contribution >= 0.6 is 11.3 Å². The Balaban J connectivity index is 1.62. The zero-order chi connectivity index (χ0) is 19.5. The maximum atomic E-state index is 11.6. The van der Waals surface area contributed by atoms with E-state index in [1.807, 2.05) is 18.2 Å². The van der Waals surface area contributed by atoms with Gasteiger partial charge >= 0.3 is 5.97 Å². The lowest BCUT2D eigenvalue weighted by atomic mass is 10.1. The van der Waals surface area contributed by atoms with Crippen LogP contribution in [-0.4, -0.2) is 32.3 Å². The molecular weight excluding hydrogens is 374 g/mol. The number of nitrogens with zero attached hydrogens (tertiary/aromatic N) is 3. The minimum Gasteiger partial charge on any atom is -0.493 e. The van der Waals surface area contributed by atoms with E-state index in [4.69, 9.17) is 4.74 Å². The molecule has 0 aliphatic rings. The molecule has 0 atom stereocenters. The summed E-state index contributed by atoms with van der Waals surface area (Å²) in [6, 6.07) is 12.3. The number of esters is 1. The SMILES string of the molecule is CCOC(=O)CCc1cnc2c(-c3cc(-c4ccccc4)cs3)cnn2c1O. The van der Waals surface area contributed by atoms with Crippen molar-refractivity contribution >= 4 is 23.0 Å². The molecular formula is C21H19N3O3S. The summed E-state index contributed by atoms with van der Waals surface area (Å²) in [5.41, 5.74) is 4.29. The number of rotatable bonds is 6. The van der Waals surface area contributed by atoms with Crippen molar-refractivity contribution in [3.8, 4) is 27.4 Å². The summed E-state index contributed by atoms with van der Waals surface area (Å²) < 4.78 is 6.34. The number of aromatic nitrogens is 3. The number of hydrogen-bond acceptors (Lipinski definition) is 6. The summed E-state index contributed by atoms with van der Waals surface area (Å²) in [5, 5.41) is 16.9.